The number of hydrogen-bond acceptors (Lipinski definition) is 6. The highest BCUT2D eigenvalue weighted by molar-refractivity contribution is 7.09. The molecule has 0 fully saturated rings. The smallest absolute Gasteiger partial charge is 0.150 e. The molecule has 0 spiro atoms. The zero-order valence-electron chi connectivity index (χ0n) is 13.3. The minimum atomic E-state index is 0.0551. The molecule has 1 atom stereocenters. The zero-order chi connectivity index (χ0) is 15.4. The van der Waals surface area contributed by atoms with Gasteiger partial charge in [0.1, 0.15) is 16.9 Å². The fraction of sp³-hybridized carbons (Fsp3) is 0.533. The van der Waals surface area contributed by atoms with Gasteiger partial charge >= 0.3 is 0 Å². The summed E-state index contributed by atoms with van der Waals surface area (Å²) in [5.41, 5.74) is 2.89. The van der Waals surface area contributed by atoms with E-state index in [1.165, 1.54) is 0 Å². The maximum Gasteiger partial charge on any atom is 0.150 e. The van der Waals surface area contributed by atoms with Gasteiger partial charge in [-0.1, -0.05) is 0 Å². The summed E-state index contributed by atoms with van der Waals surface area (Å²) >= 11 is 1.64. The van der Waals surface area contributed by atoms with E-state index in [1.54, 1.807) is 17.5 Å². The second kappa shape index (κ2) is 6.95. The third-order valence-electron chi connectivity index (χ3n) is 3.15. The van der Waals surface area contributed by atoms with E-state index in [4.69, 9.17) is 4.74 Å². The molecule has 2 heterocycles. The number of aryl methyl sites for hydroxylation is 2. The fourth-order valence-corrected chi connectivity index (χ4v) is 2.92. The molecule has 0 N–H and O–H groups in total. The molecule has 0 saturated heterocycles. The quantitative estimate of drug-likeness (QED) is 0.819. The van der Waals surface area contributed by atoms with Gasteiger partial charge in [0, 0.05) is 25.2 Å². The molecule has 5 nitrogen and oxygen atoms in total. The standard InChI is InChI=1S/C15H22N4OS/c1-6-20-12(4)15-18-13(9-21-15)8-19(5)14-11(3)16-7-10(2)17-14/h7,9,12H,6,8H2,1-5H3/t12-/m1/s1. The van der Waals surface area contributed by atoms with Crippen molar-refractivity contribution in [2.24, 2.45) is 0 Å². The number of nitrogens with zero attached hydrogens (tertiary/aromatic N) is 4. The third kappa shape index (κ3) is 3.98. The van der Waals surface area contributed by atoms with E-state index in [0.717, 1.165) is 27.9 Å². The Balaban J connectivity index is 2.09. The van der Waals surface area contributed by atoms with Crippen LogP contribution in [0, 0.1) is 13.8 Å². The minimum Gasteiger partial charge on any atom is -0.372 e. The molecule has 2 aromatic rings. The van der Waals surface area contributed by atoms with E-state index in [2.05, 4.69) is 25.2 Å². The van der Waals surface area contributed by atoms with Crippen LogP contribution in [-0.2, 0) is 11.3 Å². The summed E-state index contributed by atoms with van der Waals surface area (Å²) in [7, 11) is 2.02. The summed E-state index contributed by atoms with van der Waals surface area (Å²) in [6.45, 7) is 9.38. The number of thiazole rings is 1. The van der Waals surface area contributed by atoms with Crippen molar-refractivity contribution in [3.05, 3.63) is 33.7 Å². The summed E-state index contributed by atoms with van der Waals surface area (Å²) in [6, 6.07) is 0. The summed E-state index contributed by atoms with van der Waals surface area (Å²) in [5.74, 6) is 0.905. The molecule has 0 aromatic carbocycles. The largest absolute Gasteiger partial charge is 0.372 e. The van der Waals surface area contributed by atoms with E-state index >= 15 is 0 Å². The minimum absolute atomic E-state index is 0.0551. The number of ether oxygens (including phenoxy) is 1. The van der Waals surface area contributed by atoms with Gasteiger partial charge in [0.15, 0.2) is 0 Å². The van der Waals surface area contributed by atoms with Crippen LogP contribution in [0.25, 0.3) is 0 Å². The van der Waals surface area contributed by atoms with Gasteiger partial charge < -0.3 is 9.64 Å². The first-order chi connectivity index (χ1) is 10.0. The first kappa shape index (κ1) is 15.9. The summed E-state index contributed by atoms with van der Waals surface area (Å²) in [4.78, 5) is 15.6. The van der Waals surface area contributed by atoms with Gasteiger partial charge in [0.25, 0.3) is 0 Å². The van der Waals surface area contributed by atoms with Crippen LogP contribution >= 0.6 is 11.3 Å². The Hall–Kier alpha value is -1.53. The van der Waals surface area contributed by atoms with Crippen LogP contribution in [-0.4, -0.2) is 28.6 Å². The van der Waals surface area contributed by atoms with E-state index in [0.29, 0.717) is 13.2 Å². The van der Waals surface area contributed by atoms with E-state index < -0.39 is 0 Å². The monoisotopic (exact) mass is 306 g/mol. The molecule has 6 heteroatoms. The third-order valence-corrected chi connectivity index (χ3v) is 4.20. The highest BCUT2D eigenvalue weighted by Gasteiger charge is 2.13. The zero-order valence-corrected chi connectivity index (χ0v) is 14.1. The molecule has 21 heavy (non-hydrogen) atoms. The molecular weight excluding hydrogens is 284 g/mol. The van der Waals surface area contributed by atoms with Crippen molar-refractivity contribution in [3.8, 4) is 0 Å². The second-order valence-corrected chi connectivity index (χ2v) is 5.94. The van der Waals surface area contributed by atoms with Gasteiger partial charge in [-0.25, -0.2) is 9.97 Å². The lowest BCUT2D eigenvalue weighted by Crippen LogP contribution is -2.20. The maximum absolute atomic E-state index is 5.58. The van der Waals surface area contributed by atoms with Crippen molar-refractivity contribution in [3.63, 3.8) is 0 Å². The van der Waals surface area contributed by atoms with Crippen molar-refractivity contribution in [1.29, 1.82) is 0 Å². The van der Waals surface area contributed by atoms with Gasteiger partial charge in [-0.2, -0.15) is 0 Å². The molecule has 0 aliphatic carbocycles. The molecule has 0 amide bonds. The molecule has 0 unspecified atom stereocenters. The Morgan fingerprint density at radius 3 is 2.81 bits per heavy atom. The van der Waals surface area contributed by atoms with Crippen LogP contribution in [0.3, 0.4) is 0 Å². The van der Waals surface area contributed by atoms with Crippen molar-refractivity contribution in [2.45, 2.75) is 40.3 Å². The van der Waals surface area contributed by atoms with Crippen molar-refractivity contribution in [1.82, 2.24) is 15.0 Å². The second-order valence-electron chi connectivity index (χ2n) is 5.05. The number of aromatic nitrogens is 3. The van der Waals surface area contributed by atoms with Crippen LogP contribution in [0.15, 0.2) is 11.6 Å². The molecule has 2 aromatic heterocycles. The van der Waals surface area contributed by atoms with Gasteiger partial charge in [-0.15, -0.1) is 11.3 Å². The molecule has 0 aliphatic heterocycles. The first-order valence-electron chi connectivity index (χ1n) is 7.08. The average molecular weight is 306 g/mol. The van der Waals surface area contributed by atoms with Crippen molar-refractivity contribution < 1.29 is 4.74 Å². The van der Waals surface area contributed by atoms with Crippen LogP contribution in [0.2, 0.25) is 0 Å². The van der Waals surface area contributed by atoms with Gasteiger partial charge in [0.05, 0.1) is 23.6 Å². The lowest BCUT2D eigenvalue weighted by Gasteiger charge is -2.18. The van der Waals surface area contributed by atoms with Crippen LogP contribution in [0.4, 0.5) is 5.82 Å². The van der Waals surface area contributed by atoms with Gasteiger partial charge in [-0.05, 0) is 27.7 Å². The lowest BCUT2D eigenvalue weighted by molar-refractivity contribution is 0.0761. The average Bonchev–Trinajstić information content (AvgIpc) is 2.90. The fourth-order valence-electron chi connectivity index (χ4n) is 2.11. The van der Waals surface area contributed by atoms with Crippen molar-refractivity contribution >= 4 is 17.2 Å². The van der Waals surface area contributed by atoms with Gasteiger partial charge in [-0.3, -0.25) is 4.98 Å². The molecule has 0 bridgehead atoms. The van der Waals surface area contributed by atoms with Crippen LogP contribution in [0.1, 0.15) is 42.0 Å². The molecule has 2 rings (SSSR count). The van der Waals surface area contributed by atoms with E-state index in [9.17, 15) is 0 Å². The summed E-state index contributed by atoms with van der Waals surface area (Å²) in [5, 5.41) is 3.10. The summed E-state index contributed by atoms with van der Waals surface area (Å²) < 4.78 is 5.58. The normalized spacial score (nSPS) is 12.4. The molecule has 0 saturated carbocycles. The molecule has 0 radical (unpaired) electrons. The topological polar surface area (TPSA) is 51.1 Å². The number of rotatable bonds is 6. The van der Waals surface area contributed by atoms with Crippen LogP contribution in [0.5, 0.6) is 0 Å². The Morgan fingerprint density at radius 1 is 1.33 bits per heavy atom. The molecule has 0 aliphatic rings. The van der Waals surface area contributed by atoms with E-state index in [1.807, 2.05) is 34.7 Å². The van der Waals surface area contributed by atoms with Crippen molar-refractivity contribution in [2.75, 3.05) is 18.6 Å². The predicted octanol–water partition coefficient (Wildman–Crippen LogP) is 3.28. The Kier molecular flexibility index (Phi) is 5.25. The van der Waals surface area contributed by atoms with E-state index in [-0.39, 0.29) is 6.10 Å². The SMILES string of the molecule is CCO[C@H](C)c1nc(CN(C)c2nc(C)cnc2C)cs1. The van der Waals surface area contributed by atoms with Crippen LogP contribution < -0.4 is 4.90 Å². The number of anilines is 1. The first-order valence-corrected chi connectivity index (χ1v) is 7.96. The Labute approximate surface area is 130 Å². The highest BCUT2D eigenvalue weighted by atomic mass is 32.1. The summed E-state index contributed by atoms with van der Waals surface area (Å²) in [6.07, 6.45) is 1.84. The molecular formula is C15H22N4OS. The van der Waals surface area contributed by atoms with Gasteiger partial charge in [0.2, 0.25) is 0 Å². The molecule has 114 valence electrons. The highest BCUT2D eigenvalue weighted by Crippen LogP contribution is 2.23. The lowest BCUT2D eigenvalue weighted by atomic mass is 10.3. The Bertz CT molecular complexity index is 599. The maximum atomic E-state index is 5.58. The predicted molar refractivity (Wildman–Crippen MR) is 85.8 cm³/mol. The Morgan fingerprint density at radius 2 is 2.10 bits per heavy atom. The number of hydrogen-bond donors (Lipinski definition) is 0.